The summed E-state index contributed by atoms with van der Waals surface area (Å²) >= 11 is 0. The van der Waals surface area contributed by atoms with Gasteiger partial charge in [0.1, 0.15) is 0 Å². The Morgan fingerprint density at radius 2 is 1.00 bits per heavy atom. The Balaban J connectivity index is 3.09. The van der Waals surface area contributed by atoms with Gasteiger partial charge in [0.15, 0.2) is 0 Å². The van der Waals surface area contributed by atoms with Gasteiger partial charge in [-0.05, 0) is 38.5 Å². The molecule has 0 aromatic carbocycles. The van der Waals surface area contributed by atoms with Crippen LogP contribution in [-0.4, -0.2) is 36.7 Å². The van der Waals surface area contributed by atoms with Crippen LogP contribution in [0.4, 0.5) is 0 Å². The molecule has 0 radical (unpaired) electrons. The average Bonchev–Trinajstić information content (AvgIpc) is 2.61. The first-order valence-electron chi connectivity index (χ1n) is 10.3. The molecule has 0 N–H and O–H groups in total. The number of unbranched alkanes of at least 4 members (excludes halogenated alkanes) is 6. The lowest BCUT2D eigenvalue weighted by Crippen LogP contribution is -2.04. The molecule has 0 saturated carbocycles. The Kier molecular flexibility index (Phi) is 20.7. The molecule has 6 heteroatoms. The summed E-state index contributed by atoms with van der Waals surface area (Å²) in [7, 11) is 3.94. The van der Waals surface area contributed by atoms with E-state index in [9.17, 15) is 9.59 Å². The SMILES string of the molecule is CCCC(=O)OCCCCCCSSCCCCCCOC(=O)CCC. The van der Waals surface area contributed by atoms with Gasteiger partial charge in [-0.2, -0.15) is 0 Å². The molecule has 0 unspecified atom stereocenters. The third-order valence-electron chi connectivity index (χ3n) is 3.76. The molecule has 154 valence electrons. The van der Waals surface area contributed by atoms with Gasteiger partial charge in [0.25, 0.3) is 0 Å². The number of hydrogen-bond donors (Lipinski definition) is 0. The van der Waals surface area contributed by atoms with Crippen LogP contribution in [0.5, 0.6) is 0 Å². The molecule has 0 rings (SSSR count). The van der Waals surface area contributed by atoms with Crippen LogP contribution in [0.15, 0.2) is 0 Å². The highest BCUT2D eigenvalue weighted by molar-refractivity contribution is 8.76. The highest BCUT2D eigenvalue weighted by Crippen LogP contribution is 2.24. The lowest BCUT2D eigenvalue weighted by molar-refractivity contribution is -0.144. The third kappa shape index (κ3) is 20.0. The first-order chi connectivity index (χ1) is 12.7. The Morgan fingerprint density at radius 1 is 0.615 bits per heavy atom. The molecule has 0 aliphatic heterocycles. The fraction of sp³-hybridized carbons (Fsp3) is 0.900. The van der Waals surface area contributed by atoms with Crippen molar-refractivity contribution < 1.29 is 19.1 Å². The summed E-state index contributed by atoms with van der Waals surface area (Å²) in [5.41, 5.74) is 0. The van der Waals surface area contributed by atoms with Crippen molar-refractivity contribution in [1.29, 1.82) is 0 Å². The Hall–Kier alpha value is -0.360. The van der Waals surface area contributed by atoms with Crippen molar-refractivity contribution in [2.45, 2.75) is 90.9 Å². The topological polar surface area (TPSA) is 52.6 Å². The van der Waals surface area contributed by atoms with Crippen LogP contribution < -0.4 is 0 Å². The van der Waals surface area contributed by atoms with E-state index < -0.39 is 0 Å². The van der Waals surface area contributed by atoms with E-state index in [0.29, 0.717) is 26.1 Å². The summed E-state index contributed by atoms with van der Waals surface area (Å²) < 4.78 is 10.3. The van der Waals surface area contributed by atoms with Gasteiger partial charge in [-0.15, -0.1) is 0 Å². The number of ether oxygens (including phenoxy) is 2. The summed E-state index contributed by atoms with van der Waals surface area (Å²) in [6.45, 7) is 5.15. The summed E-state index contributed by atoms with van der Waals surface area (Å²) in [5, 5.41) is 0. The van der Waals surface area contributed by atoms with E-state index in [1.165, 1.54) is 37.2 Å². The van der Waals surface area contributed by atoms with E-state index >= 15 is 0 Å². The molecule has 0 aromatic heterocycles. The van der Waals surface area contributed by atoms with Crippen molar-refractivity contribution in [3.63, 3.8) is 0 Å². The number of rotatable bonds is 19. The van der Waals surface area contributed by atoms with Crippen LogP contribution in [0.1, 0.15) is 90.9 Å². The standard InChI is InChI=1S/C20H38O4S2/c1-3-13-19(21)23-15-9-5-7-11-17-25-26-18-12-8-6-10-16-24-20(22)14-4-2/h3-18H2,1-2H3. The van der Waals surface area contributed by atoms with Gasteiger partial charge >= 0.3 is 11.9 Å². The highest BCUT2D eigenvalue weighted by Gasteiger charge is 2.01. The second kappa shape index (κ2) is 20.9. The van der Waals surface area contributed by atoms with Crippen LogP contribution in [0, 0.1) is 0 Å². The fourth-order valence-corrected chi connectivity index (χ4v) is 4.57. The third-order valence-corrected chi connectivity index (χ3v) is 6.34. The van der Waals surface area contributed by atoms with Crippen molar-refractivity contribution >= 4 is 33.5 Å². The first kappa shape index (κ1) is 25.6. The zero-order valence-corrected chi connectivity index (χ0v) is 18.4. The number of hydrogen-bond acceptors (Lipinski definition) is 6. The molecule has 0 spiro atoms. The maximum absolute atomic E-state index is 11.2. The van der Waals surface area contributed by atoms with Gasteiger partial charge in [0.05, 0.1) is 13.2 Å². The molecule has 0 heterocycles. The molecule has 0 aromatic rings. The van der Waals surface area contributed by atoms with E-state index in [4.69, 9.17) is 9.47 Å². The summed E-state index contributed by atoms with van der Waals surface area (Å²) in [5.74, 6) is 2.29. The van der Waals surface area contributed by atoms with Crippen LogP contribution in [0.2, 0.25) is 0 Å². The van der Waals surface area contributed by atoms with Crippen LogP contribution in [0.25, 0.3) is 0 Å². The Labute approximate surface area is 168 Å². The molecule has 0 amide bonds. The Bertz CT molecular complexity index is 306. The molecule has 4 nitrogen and oxygen atoms in total. The van der Waals surface area contributed by atoms with Gasteiger partial charge in [-0.25, -0.2) is 0 Å². The molecule has 0 aliphatic carbocycles. The Morgan fingerprint density at radius 3 is 1.38 bits per heavy atom. The molecule has 0 fully saturated rings. The van der Waals surface area contributed by atoms with E-state index in [1.807, 2.05) is 35.4 Å². The first-order valence-corrected chi connectivity index (χ1v) is 12.7. The van der Waals surface area contributed by atoms with Crippen LogP contribution >= 0.6 is 21.6 Å². The predicted molar refractivity (Wildman–Crippen MR) is 114 cm³/mol. The van der Waals surface area contributed by atoms with Crippen molar-refractivity contribution in [1.82, 2.24) is 0 Å². The summed E-state index contributed by atoms with van der Waals surface area (Å²) in [6, 6.07) is 0. The quantitative estimate of drug-likeness (QED) is 0.145. The predicted octanol–water partition coefficient (Wildman–Crippen LogP) is 6.18. The number of carbonyl (C=O) groups excluding carboxylic acids is 2. The van der Waals surface area contributed by atoms with Crippen LogP contribution in [-0.2, 0) is 19.1 Å². The summed E-state index contributed by atoms with van der Waals surface area (Å²) in [4.78, 5) is 22.4. The molecule has 0 aliphatic rings. The van der Waals surface area contributed by atoms with Gasteiger partial charge < -0.3 is 9.47 Å². The molecule has 0 bridgehead atoms. The minimum Gasteiger partial charge on any atom is -0.466 e. The zero-order valence-electron chi connectivity index (χ0n) is 16.8. The normalized spacial score (nSPS) is 10.7. The van der Waals surface area contributed by atoms with Crippen molar-refractivity contribution in [2.24, 2.45) is 0 Å². The monoisotopic (exact) mass is 406 g/mol. The average molecular weight is 407 g/mol. The van der Waals surface area contributed by atoms with E-state index in [1.54, 1.807) is 0 Å². The van der Waals surface area contributed by atoms with E-state index in [0.717, 1.165) is 38.5 Å². The van der Waals surface area contributed by atoms with Crippen molar-refractivity contribution in [2.75, 3.05) is 24.7 Å². The molecular weight excluding hydrogens is 368 g/mol. The van der Waals surface area contributed by atoms with Gasteiger partial charge in [-0.1, -0.05) is 61.1 Å². The van der Waals surface area contributed by atoms with E-state index in [2.05, 4.69) is 0 Å². The molecule has 26 heavy (non-hydrogen) atoms. The van der Waals surface area contributed by atoms with Gasteiger partial charge in [0.2, 0.25) is 0 Å². The molecule has 0 atom stereocenters. The second-order valence-corrected chi connectivity index (χ2v) is 9.12. The number of carbonyl (C=O) groups is 2. The second-order valence-electron chi connectivity index (χ2n) is 6.41. The number of esters is 2. The van der Waals surface area contributed by atoms with Gasteiger partial charge in [-0.3, -0.25) is 9.59 Å². The lowest BCUT2D eigenvalue weighted by Gasteiger charge is -2.05. The van der Waals surface area contributed by atoms with Crippen molar-refractivity contribution in [3.8, 4) is 0 Å². The summed E-state index contributed by atoms with van der Waals surface area (Å²) in [6.07, 6.45) is 12.0. The van der Waals surface area contributed by atoms with E-state index in [-0.39, 0.29) is 11.9 Å². The van der Waals surface area contributed by atoms with Gasteiger partial charge in [0, 0.05) is 24.3 Å². The minimum absolute atomic E-state index is 0.0584. The minimum atomic E-state index is -0.0584. The molecule has 0 saturated heterocycles. The zero-order chi connectivity index (χ0) is 19.3. The maximum atomic E-state index is 11.2. The lowest BCUT2D eigenvalue weighted by atomic mass is 10.2. The van der Waals surface area contributed by atoms with Crippen LogP contribution in [0.3, 0.4) is 0 Å². The smallest absolute Gasteiger partial charge is 0.305 e. The maximum Gasteiger partial charge on any atom is 0.305 e. The largest absolute Gasteiger partial charge is 0.466 e. The fourth-order valence-electron chi connectivity index (χ4n) is 2.28. The molecular formula is C20H38O4S2. The highest BCUT2D eigenvalue weighted by atomic mass is 33.1. The van der Waals surface area contributed by atoms with Crippen molar-refractivity contribution in [3.05, 3.63) is 0 Å².